The summed E-state index contributed by atoms with van der Waals surface area (Å²) in [7, 11) is 2.12. The number of nitrogens with zero attached hydrogens (tertiary/aromatic N) is 3. The monoisotopic (exact) mass is 328 g/mol. The summed E-state index contributed by atoms with van der Waals surface area (Å²) in [6, 6.07) is 19.1. The van der Waals surface area contributed by atoms with Crippen LogP contribution in [0.25, 0.3) is 28.2 Å². The molecule has 0 aliphatic rings. The number of fused-ring (bicyclic) bond motifs is 1. The van der Waals surface area contributed by atoms with Crippen molar-refractivity contribution in [2.24, 2.45) is 7.05 Å². The molecule has 0 spiro atoms. The van der Waals surface area contributed by atoms with E-state index < -0.39 is 0 Å². The third-order valence-corrected chi connectivity index (χ3v) is 4.90. The molecule has 4 aromatic rings. The van der Waals surface area contributed by atoms with Crippen molar-refractivity contribution in [1.82, 2.24) is 9.55 Å². The fourth-order valence-corrected chi connectivity index (χ4v) is 3.68. The van der Waals surface area contributed by atoms with Crippen LogP contribution < -0.4 is 4.57 Å². The molecule has 0 saturated carbocycles. The predicted molar refractivity (Wildman–Crippen MR) is 102 cm³/mol. The van der Waals surface area contributed by atoms with Gasteiger partial charge < -0.3 is 0 Å². The molecule has 124 valence electrons. The molecule has 0 fully saturated rings. The van der Waals surface area contributed by atoms with Crippen LogP contribution in [0.3, 0.4) is 0 Å². The summed E-state index contributed by atoms with van der Waals surface area (Å²) < 4.78 is 4.60. The van der Waals surface area contributed by atoms with Crippen molar-refractivity contribution in [3.63, 3.8) is 0 Å². The largest absolute Gasteiger partial charge is 0.314 e. The van der Waals surface area contributed by atoms with Crippen molar-refractivity contribution in [1.29, 1.82) is 0 Å². The van der Waals surface area contributed by atoms with Gasteiger partial charge in [-0.1, -0.05) is 36.4 Å². The van der Waals surface area contributed by atoms with Gasteiger partial charge in [-0.05, 0) is 55.7 Å². The maximum atomic E-state index is 4.71. The molecule has 0 unspecified atom stereocenters. The molecule has 0 atom stereocenters. The molecule has 0 bridgehead atoms. The number of rotatable bonds is 2. The molecule has 0 aliphatic carbocycles. The Morgan fingerprint density at radius 2 is 1.48 bits per heavy atom. The van der Waals surface area contributed by atoms with Crippen molar-refractivity contribution in [2.75, 3.05) is 0 Å². The Labute approximate surface area is 148 Å². The number of para-hydroxylation sites is 3. The zero-order valence-electron chi connectivity index (χ0n) is 15.1. The molecule has 0 amide bonds. The van der Waals surface area contributed by atoms with Crippen molar-refractivity contribution < 1.29 is 4.57 Å². The molecule has 2 heterocycles. The summed E-state index contributed by atoms with van der Waals surface area (Å²) >= 11 is 0. The van der Waals surface area contributed by atoms with E-state index in [9.17, 15) is 0 Å². The number of pyridine rings is 1. The van der Waals surface area contributed by atoms with Gasteiger partial charge in [-0.2, -0.15) is 4.57 Å². The van der Waals surface area contributed by atoms with Gasteiger partial charge >= 0.3 is 5.82 Å². The number of aromatic nitrogens is 3. The van der Waals surface area contributed by atoms with Crippen LogP contribution in [0.2, 0.25) is 0 Å². The van der Waals surface area contributed by atoms with Gasteiger partial charge in [-0.15, -0.1) is 0 Å². The number of imidazole rings is 1. The van der Waals surface area contributed by atoms with Gasteiger partial charge in [-0.25, -0.2) is 9.55 Å². The van der Waals surface area contributed by atoms with Crippen LogP contribution in [0.15, 0.2) is 60.8 Å². The van der Waals surface area contributed by atoms with E-state index in [1.165, 1.54) is 33.4 Å². The van der Waals surface area contributed by atoms with E-state index in [4.69, 9.17) is 4.98 Å². The van der Waals surface area contributed by atoms with E-state index in [0.29, 0.717) is 0 Å². The summed E-state index contributed by atoms with van der Waals surface area (Å²) in [5, 5.41) is 0. The van der Waals surface area contributed by atoms with E-state index in [2.05, 4.69) is 85.5 Å². The number of aryl methyl sites for hydroxylation is 4. The second-order valence-electron chi connectivity index (χ2n) is 6.62. The van der Waals surface area contributed by atoms with Gasteiger partial charge in [0.15, 0.2) is 16.7 Å². The van der Waals surface area contributed by atoms with Crippen LogP contribution in [0, 0.1) is 20.8 Å². The first-order valence-electron chi connectivity index (χ1n) is 8.57. The van der Waals surface area contributed by atoms with E-state index in [1.54, 1.807) is 0 Å². The van der Waals surface area contributed by atoms with Crippen LogP contribution in [-0.4, -0.2) is 9.55 Å². The minimum absolute atomic E-state index is 1.02. The van der Waals surface area contributed by atoms with Crippen molar-refractivity contribution in [2.45, 2.75) is 20.8 Å². The Balaban J connectivity index is 2.21. The Morgan fingerprint density at radius 3 is 2.20 bits per heavy atom. The second kappa shape index (κ2) is 5.85. The molecule has 3 nitrogen and oxygen atoms in total. The highest BCUT2D eigenvalue weighted by atomic mass is 15.2. The van der Waals surface area contributed by atoms with Crippen LogP contribution >= 0.6 is 0 Å². The molecule has 4 rings (SSSR count). The topological polar surface area (TPSA) is 21.7 Å². The smallest absolute Gasteiger partial charge is 0.248 e. The third-order valence-electron chi connectivity index (χ3n) is 4.90. The summed E-state index contributed by atoms with van der Waals surface area (Å²) in [5.74, 6) is 1.11. The highest BCUT2D eigenvalue weighted by molar-refractivity contribution is 5.79. The molecule has 0 radical (unpaired) electrons. The summed E-state index contributed by atoms with van der Waals surface area (Å²) in [6.07, 6.45) is 1.87. The zero-order valence-corrected chi connectivity index (χ0v) is 15.1. The summed E-state index contributed by atoms with van der Waals surface area (Å²) in [4.78, 5) is 4.71. The Bertz CT molecular complexity index is 1070. The van der Waals surface area contributed by atoms with Crippen molar-refractivity contribution >= 4 is 11.0 Å². The molecule has 0 N–H and O–H groups in total. The SMILES string of the molecule is Cc1cccnc1-c1n(-c2c(C)cccc2C)c2ccccc2[n+]1C. The maximum Gasteiger partial charge on any atom is 0.314 e. The molecular formula is C22H22N3+. The first-order valence-corrected chi connectivity index (χ1v) is 8.57. The predicted octanol–water partition coefficient (Wildman–Crippen LogP) is 4.44. The van der Waals surface area contributed by atoms with Gasteiger partial charge in [0.2, 0.25) is 0 Å². The Hall–Kier alpha value is -2.94. The normalized spacial score (nSPS) is 11.2. The average Bonchev–Trinajstić information content (AvgIpc) is 2.89. The van der Waals surface area contributed by atoms with Gasteiger partial charge in [0.05, 0.1) is 7.05 Å². The average molecular weight is 328 g/mol. The summed E-state index contributed by atoms with van der Waals surface area (Å²) in [6.45, 7) is 6.47. The molecular weight excluding hydrogens is 306 g/mol. The molecule has 2 aromatic carbocycles. The third kappa shape index (κ3) is 2.35. The maximum absolute atomic E-state index is 4.71. The van der Waals surface area contributed by atoms with Crippen LogP contribution in [-0.2, 0) is 7.05 Å². The minimum Gasteiger partial charge on any atom is -0.248 e. The Kier molecular flexibility index (Phi) is 3.65. The lowest BCUT2D eigenvalue weighted by atomic mass is 10.1. The lowest BCUT2D eigenvalue weighted by Crippen LogP contribution is -2.30. The first-order chi connectivity index (χ1) is 12.1. The lowest BCUT2D eigenvalue weighted by molar-refractivity contribution is -0.634. The highest BCUT2D eigenvalue weighted by Gasteiger charge is 2.29. The van der Waals surface area contributed by atoms with Gasteiger partial charge in [-0.3, -0.25) is 0 Å². The number of benzene rings is 2. The lowest BCUT2D eigenvalue weighted by Gasteiger charge is -2.10. The van der Waals surface area contributed by atoms with Crippen molar-refractivity contribution in [3.05, 3.63) is 77.5 Å². The fraction of sp³-hybridized carbons (Fsp3) is 0.182. The summed E-state index contributed by atoms with van der Waals surface area (Å²) in [5.41, 5.74) is 8.34. The van der Waals surface area contributed by atoms with Crippen LogP contribution in [0.1, 0.15) is 16.7 Å². The number of hydrogen-bond donors (Lipinski definition) is 0. The van der Waals surface area contributed by atoms with Crippen LogP contribution in [0.5, 0.6) is 0 Å². The molecule has 3 heteroatoms. The molecule has 0 saturated heterocycles. The Morgan fingerprint density at radius 1 is 0.800 bits per heavy atom. The van der Waals surface area contributed by atoms with Gasteiger partial charge in [0, 0.05) is 6.20 Å². The molecule has 0 aliphatic heterocycles. The fourth-order valence-electron chi connectivity index (χ4n) is 3.68. The van der Waals surface area contributed by atoms with Crippen molar-refractivity contribution in [3.8, 4) is 17.2 Å². The van der Waals surface area contributed by atoms with E-state index in [1.807, 2.05) is 12.3 Å². The van der Waals surface area contributed by atoms with Crippen LogP contribution in [0.4, 0.5) is 0 Å². The zero-order chi connectivity index (χ0) is 17.6. The first kappa shape index (κ1) is 15.6. The van der Waals surface area contributed by atoms with E-state index in [0.717, 1.165) is 11.5 Å². The van der Waals surface area contributed by atoms with E-state index >= 15 is 0 Å². The number of hydrogen-bond acceptors (Lipinski definition) is 1. The highest BCUT2D eigenvalue weighted by Crippen LogP contribution is 2.30. The standard InChI is InChI=1S/C22H22N3/c1-15-11-8-14-23-20(15)22-24(4)18-12-5-6-13-19(18)25(22)21-16(2)9-7-10-17(21)3/h5-14H,1-4H3/q+1. The van der Waals surface area contributed by atoms with Gasteiger partial charge in [0.25, 0.3) is 0 Å². The second-order valence-corrected chi connectivity index (χ2v) is 6.62. The van der Waals surface area contributed by atoms with Gasteiger partial charge in [0.1, 0.15) is 5.69 Å². The van der Waals surface area contributed by atoms with E-state index in [-0.39, 0.29) is 0 Å². The molecule has 2 aromatic heterocycles. The quantitative estimate of drug-likeness (QED) is 0.499. The molecule has 25 heavy (non-hydrogen) atoms. The minimum atomic E-state index is 1.02.